The van der Waals surface area contributed by atoms with Gasteiger partial charge in [0.15, 0.2) is 0 Å². The number of carbonyl (C=O) groups excluding carboxylic acids is 1. The van der Waals surface area contributed by atoms with Crippen molar-refractivity contribution in [2.75, 3.05) is 13.7 Å². The summed E-state index contributed by atoms with van der Waals surface area (Å²) in [5.74, 6) is 0.818. The highest BCUT2D eigenvalue weighted by Crippen LogP contribution is 2.23. The first kappa shape index (κ1) is 15.9. The molecule has 0 aliphatic rings. The Morgan fingerprint density at radius 1 is 1.17 bits per heavy atom. The third-order valence-corrected chi connectivity index (χ3v) is 3.85. The number of hydrogen-bond acceptors (Lipinski definition) is 3. The second-order valence-corrected chi connectivity index (χ2v) is 5.46. The van der Waals surface area contributed by atoms with Gasteiger partial charge in [-0.2, -0.15) is 0 Å². The van der Waals surface area contributed by atoms with Crippen molar-refractivity contribution >= 4 is 17.0 Å². The van der Waals surface area contributed by atoms with Gasteiger partial charge in [0.05, 0.1) is 7.11 Å². The van der Waals surface area contributed by atoms with E-state index in [1.54, 1.807) is 7.11 Å². The fourth-order valence-corrected chi connectivity index (χ4v) is 2.56. The quantitative estimate of drug-likeness (QED) is 0.727. The number of benzene rings is 2. The highest BCUT2D eigenvalue weighted by Gasteiger charge is 2.07. The van der Waals surface area contributed by atoms with Gasteiger partial charge in [0, 0.05) is 23.6 Å². The molecule has 3 aromatic rings. The monoisotopic (exact) mass is 324 g/mol. The van der Waals surface area contributed by atoms with E-state index in [2.05, 4.69) is 10.3 Å². The summed E-state index contributed by atoms with van der Waals surface area (Å²) in [7, 11) is 1.65. The zero-order chi connectivity index (χ0) is 16.8. The minimum absolute atomic E-state index is 0.275. The second kappa shape index (κ2) is 7.55. The van der Waals surface area contributed by atoms with E-state index in [0.717, 1.165) is 27.8 Å². The van der Waals surface area contributed by atoms with Crippen molar-refractivity contribution in [3.05, 3.63) is 65.9 Å². The van der Waals surface area contributed by atoms with Crippen molar-refractivity contribution < 1.29 is 14.3 Å². The number of alkyl carbamates (subject to hydrolysis) is 1. The van der Waals surface area contributed by atoms with Crippen LogP contribution in [-0.4, -0.2) is 24.7 Å². The largest absolute Gasteiger partial charge is 0.497 e. The van der Waals surface area contributed by atoms with Crippen LogP contribution in [0.3, 0.4) is 0 Å². The van der Waals surface area contributed by atoms with Gasteiger partial charge in [-0.05, 0) is 35.7 Å². The molecule has 0 bridgehead atoms. The average molecular weight is 324 g/mol. The average Bonchev–Trinajstić information content (AvgIpc) is 3.03. The minimum Gasteiger partial charge on any atom is -0.497 e. The molecule has 0 aliphatic heterocycles. The number of fused-ring (bicyclic) bond motifs is 1. The molecule has 124 valence electrons. The maximum atomic E-state index is 11.7. The van der Waals surface area contributed by atoms with E-state index in [9.17, 15) is 4.79 Å². The lowest BCUT2D eigenvalue weighted by Gasteiger charge is -2.07. The topological polar surface area (TPSA) is 63.3 Å². The predicted octanol–water partition coefficient (Wildman–Crippen LogP) is 3.65. The molecule has 1 heterocycles. The molecule has 0 saturated carbocycles. The van der Waals surface area contributed by atoms with Gasteiger partial charge in [-0.1, -0.05) is 30.3 Å². The molecule has 24 heavy (non-hydrogen) atoms. The Morgan fingerprint density at radius 2 is 2.00 bits per heavy atom. The molecule has 0 spiro atoms. The zero-order valence-electron chi connectivity index (χ0n) is 13.5. The van der Waals surface area contributed by atoms with Crippen LogP contribution in [0.2, 0.25) is 0 Å². The molecule has 5 heteroatoms. The number of aromatic amines is 1. The standard InChI is InChI=1S/C19H20N2O3/c1-23-16-7-8-18-17(11-16)15(12-21-18)9-10-20-19(22)24-13-14-5-3-2-4-6-14/h2-8,11-12,21H,9-10,13H2,1H3,(H,20,22). The number of nitrogens with one attached hydrogen (secondary N) is 2. The van der Waals surface area contributed by atoms with E-state index in [1.165, 1.54) is 0 Å². The molecule has 5 nitrogen and oxygen atoms in total. The van der Waals surface area contributed by atoms with Crippen LogP contribution >= 0.6 is 0 Å². The van der Waals surface area contributed by atoms with Crippen molar-refractivity contribution in [1.29, 1.82) is 0 Å². The molecule has 0 atom stereocenters. The third kappa shape index (κ3) is 3.87. The van der Waals surface area contributed by atoms with Gasteiger partial charge in [-0.25, -0.2) is 4.79 Å². The molecule has 0 saturated heterocycles. The molecule has 2 N–H and O–H groups in total. The van der Waals surface area contributed by atoms with Crippen molar-refractivity contribution in [3.63, 3.8) is 0 Å². The van der Waals surface area contributed by atoms with Crippen LogP contribution in [0, 0.1) is 0 Å². The molecule has 1 aromatic heterocycles. The lowest BCUT2D eigenvalue weighted by Crippen LogP contribution is -2.26. The number of aromatic nitrogens is 1. The molecule has 3 rings (SSSR count). The van der Waals surface area contributed by atoms with E-state index < -0.39 is 6.09 Å². The summed E-state index contributed by atoms with van der Waals surface area (Å²) >= 11 is 0. The van der Waals surface area contributed by atoms with Crippen LogP contribution in [0.15, 0.2) is 54.7 Å². The fourth-order valence-electron chi connectivity index (χ4n) is 2.56. The maximum Gasteiger partial charge on any atom is 0.407 e. The third-order valence-electron chi connectivity index (χ3n) is 3.85. The summed E-state index contributed by atoms with van der Waals surface area (Å²) in [5.41, 5.74) is 3.15. The summed E-state index contributed by atoms with van der Waals surface area (Å²) in [6, 6.07) is 15.5. The van der Waals surface area contributed by atoms with Crippen LogP contribution in [0.25, 0.3) is 10.9 Å². The molecule has 2 aromatic carbocycles. The van der Waals surface area contributed by atoms with Crippen LogP contribution in [0.4, 0.5) is 4.79 Å². The summed E-state index contributed by atoms with van der Waals surface area (Å²) in [4.78, 5) is 15.0. The molecule has 0 fully saturated rings. The van der Waals surface area contributed by atoms with E-state index in [-0.39, 0.29) is 6.61 Å². The Labute approximate surface area is 140 Å². The summed E-state index contributed by atoms with van der Waals surface area (Å²) in [5, 5.41) is 3.88. The van der Waals surface area contributed by atoms with Gasteiger partial charge in [-0.3, -0.25) is 0 Å². The Balaban J connectivity index is 1.50. The molecular weight excluding hydrogens is 304 g/mol. The lowest BCUT2D eigenvalue weighted by molar-refractivity contribution is 0.140. The summed E-state index contributed by atoms with van der Waals surface area (Å²) < 4.78 is 10.5. The van der Waals surface area contributed by atoms with Crippen molar-refractivity contribution in [2.45, 2.75) is 13.0 Å². The summed E-state index contributed by atoms with van der Waals surface area (Å²) in [6.45, 7) is 0.786. The molecule has 0 radical (unpaired) electrons. The van der Waals surface area contributed by atoms with Crippen LogP contribution in [0.5, 0.6) is 5.75 Å². The lowest BCUT2D eigenvalue weighted by atomic mass is 10.1. The Hall–Kier alpha value is -2.95. The predicted molar refractivity (Wildman–Crippen MR) is 93.2 cm³/mol. The van der Waals surface area contributed by atoms with Gasteiger partial charge in [0.2, 0.25) is 0 Å². The van der Waals surface area contributed by atoms with Gasteiger partial charge < -0.3 is 19.8 Å². The number of carbonyl (C=O) groups is 1. The van der Waals surface area contributed by atoms with E-state index in [4.69, 9.17) is 9.47 Å². The van der Waals surface area contributed by atoms with Crippen molar-refractivity contribution in [1.82, 2.24) is 10.3 Å². The number of hydrogen-bond donors (Lipinski definition) is 2. The molecule has 0 aliphatic carbocycles. The number of ether oxygens (including phenoxy) is 2. The van der Waals surface area contributed by atoms with Crippen LogP contribution in [0.1, 0.15) is 11.1 Å². The smallest absolute Gasteiger partial charge is 0.407 e. The Morgan fingerprint density at radius 3 is 2.79 bits per heavy atom. The second-order valence-electron chi connectivity index (χ2n) is 5.46. The number of amides is 1. The van der Waals surface area contributed by atoms with E-state index >= 15 is 0 Å². The Bertz CT molecular complexity index is 812. The highest BCUT2D eigenvalue weighted by molar-refractivity contribution is 5.84. The maximum absolute atomic E-state index is 11.7. The van der Waals surface area contributed by atoms with Crippen LogP contribution in [-0.2, 0) is 17.8 Å². The first-order chi connectivity index (χ1) is 11.8. The van der Waals surface area contributed by atoms with Gasteiger partial charge in [0.25, 0.3) is 0 Å². The number of rotatable bonds is 6. The van der Waals surface area contributed by atoms with Gasteiger partial charge >= 0.3 is 6.09 Å². The highest BCUT2D eigenvalue weighted by atomic mass is 16.5. The normalized spacial score (nSPS) is 10.5. The molecular formula is C19H20N2O3. The SMILES string of the molecule is COc1ccc2[nH]cc(CCNC(=O)OCc3ccccc3)c2c1. The molecule has 1 amide bonds. The first-order valence-electron chi connectivity index (χ1n) is 7.85. The fraction of sp³-hybridized carbons (Fsp3) is 0.211. The van der Waals surface area contributed by atoms with Crippen LogP contribution < -0.4 is 10.1 Å². The van der Waals surface area contributed by atoms with Gasteiger partial charge in [-0.15, -0.1) is 0 Å². The van der Waals surface area contributed by atoms with Gasteiger partial charge in [0.1, 0.15) is 12.4 Å². The minimum atomic E-state index is -0.406. The first-order valence-corrected chi connectivity index (χ1v) is 7.85. The van der Waals surface area contributed by atoms with E-state index in [0.29, 0.717) is 13.0 Å². The number of H-pyrrole nitrogens is 1. The summed E-state index contributed by atoms with van der Waals surface area (Å²) in [6.07, 6.45) is 2.27. The molecule has 0 unspecified atom stereocenters. The zero-order valence-corrected chi connectivity index (χ0v) is 13.5. The van der Waals surface area contributed by atoms with Crippen molar-refractivity contribution in [2.24, 2.45) is 0 Å². The number of methoxy groups -OCH3 is 1. The van der Waals surface area contributed by atoms with Crippen molar-refractivity contribution in [3.8, 4) is 5.75 Å². The Kier molecular flexibility index (Phi) is 5.01. The van der Waals surface area contributed by atoms with E-state index in [1.807, 2.05) is 54.7 Å².